The molecule has 0 aliphatic carbocycles. The topological polar surface area (TPSA) is 49.8 Å². The molecule has 0 radical (unpaired) electrons. The van der Waals surface area contributed by atoms with Crippen molar-refractivity contribution in [2.24, 2.45) is 0 Å². The van der Waals surface area contributed by atoms with Gasteiger partial charge >= 0.3 is 11.9 Å². The van der Waals surface area contributed by atoms with Crippen molar-refractivity contribution in [3.63, 3.8) is 0 Å². The van der Waals surface area contributed by atoms with Crippen LogP contribution in [0.2, 0.25) is 0 Å². The highest BCUT2D eigenvalue weighted by atomic mass is 35.5. The molecule has 8 heteroatoms. The molecule has 0 unspecified atom stereocenters. The van der Waals surface area contributed by atoms with Crippen molar-refractivity contribution in [1.29, 1.82) is 0 Å². The van der Waals surface area contributed by atoms with Crippen LogP contribution in [-0.4, -0.2) is 22.6 Å². The lowest BCUT2D eigenvalue weighted by molar-refractivity contribution is -0.137. The number of aromatic amines is 1. The Morgan fingerprint density at radius 3 is 2.45 bits per heavy atom. The zero-order chi connectivity index (χ0) is 15.2. The third kappa shape index (κ3) is 2.87. The minimum atomic E-state index is -4.41. The summed E-state index contributed by atoms with van der Waals surface area (Å²) in [6.45, 7) is 3.04. The predicted octanol–water partition coefficient (Wildman–Crippen LogP) is 3.00. The molecule has 2 heterocycles. The number of nitrogens with one attached hydrogen (secondary N) is 2. The van der Waals surface area contributed by atoms with Crippen molar-refractivity contribution in [1.82, 2.24) is 14.9 Å². The summed E-state index contributed by atoms with van der Waals surface area (Å²) in [6.07, 6.45) is -2.81. The molecule has 1 aromatic heterocycles. The average molecular weight is 336 g/mol. The largest absolute Gasteiger partial charge is 0.416 e. The van der Waals surface area contributed by atoms with Crippen LogP contribution >= 0.6 is 12.4 Å². The van der Waals surface area contributed by atoms with E-state index in [1.807, 2.05) is 0 Å². The van der Waals surface area contributed by atoms with Gasteiger partial charge in [-0.3, -0.25) is 4.57 Å². The molecule has 2 aromatic rings. The van der Waals surface area contributed by atoms with Gasteiger partial charge in [0, 0.05) is 6.04 Å². The van der Waals surface area contributed by atoms with E-state index in [9.17, 15) is 18.0 Å². The van der Waals surface area contributed by atoms with Gasteiger partial charge in [-0.25, -0.2) is 4.79 Å². The minimum Gasteiger partial charge on any atom is -0.317 e. The Morgan fingerprint density at radius 2 is 1.86 bits per heavy atom. The quantitative estimate of drug-likeness (QED) is 0.841. The molecule has 3 rings (SSSR count). The third-order valence-electron chi connectivity index (χ3n) is 4.04. The molecule has 0 atom stereocenters. The van der Waals surface area contributed by atoms with E-state index < -0.39 is 11.7 Å². The first-order chi connectivity index (χ1) is 9.88. The molecular formula is C14H17ClF3N3O. The first kappa shape index (κ1) is 16.9. The molecule has 4 nitrogen and oxygen atoms in total. The van der Waals surface area contributed by atoms with Crippen LogP contribution < -0.4 is 11.0 Å². The zero-order valence-corrected chi connectivity index (χ0v) is 12.8. The van der Waals surface area contributed by atoms with Crippen LogP contribution in [-0.2, 0) is 6.18 Å². The lowest BCUT2D eigenvalue weighted by Crippen LogP contribution is -2.33. The Hall–Kier alpha value is -1.47. The number of hydrogen-bond acceptors (Lipinski definition) is 2. The van der Waals surface area contributed by atoms with E-state index in [2.05, 4.69) is 10.3 Å². The zero-order valence-electron chi connectivity index (χ0n) is 12.0. The fourth-order valence-corrected chi connectivity index (χ4v) is 3.01. The maximum Gasteiger partial charge on any atom is 0.416 e. The van der Waals surface area contributed by atoms with E-state index in [1.54, 1.807) is 4.57 Å². The fraction of sp³-hybridized carbons (Fsp3) is 0.500. The van der Waals surface area contributed by atoms with E-state index >= 15 is 0 Å². The average Bonchev–Trinajstić information content (AvgIpc) is 2.73. The van der Waals surface area contributed by atoms with Gasteiger partial charge in [0.15, 0.2) is 0 Å². The number of nitrogens with zero attached hydrogens (tertiary/aromatic N) is 1. The number of hydrogen-bond donors (Lipinski definition) is 2. The number of halogens is 4. The summed E-state index contributed by atoms with van der Waals surface area (Å²) in [6, 6.07) is 2.52. The molecular weight excluding hydrogens is 319 g/mol. The van der Waals surface area contributed by atoms with Crippen molar-refractivity contribution in [3.05, 3.63) is 33.7 Å². The molecule has 1 aromatic carbocycles. The van der Waals surface area contributed by atoms with Gasteiger partial charge in [-0.15, -0.1) is 12.4 Å². The lowest BCUT2D eigenvalue weighted by Gasteiger charge is -2.24. The molecule has 1 aliphatic rings. The summed E-state index contributed by atoms with van der Waals surface area (Å²) in [7, 11) is 0. The molecule has 122 valence electrons. The molecule has 2 N–H and O–H groups in total. The van der Waals surface area contributed by atoms with Crippen LogP contribution in [0.25, 0.3) is 11.0 Å². The maximum absolute atomic E-state index is 12.9. The van der Waals surface area contributed by atoms with Gasteiger partial charge < -0.3 is 10.3 Å². The third-order valence-corrected chi connectivity index (χ3v) is 4.04. The molecule has 0 bridgehead atoms. The van der Waals surface area contributed by atoms with Crippen molar-refractivity contribution >= 4 is 23.4 Å². The van der Waals surface area contributed by atoms with Crippen molar-refractivity contribution in [3.8, 4) is 0 Å². The van der Waals surface area contributed by atoms with Crippen LogP contribution in [0.1, 0.15) is 30.0 Å². The highest BCUT2D eigenvalue weighted by Crippen LogP contribution is 2.34. The predicted molar refractivity (Wildman–Crippen MR) is 80.7 cm³/mol. The Morgan fingerprint density at radius 1 is 1.23 bits per heavy atom. The molecule has 1 saturated heterocycles. The van der Waals surface area contributed by atoms with Gasteiger partial charge in [0.1, 0.15) is 0 Å². The number of piperidine rings is 1. The van der Waals surface area contributed by atoms with E-state index in [0.29, 0.717) is 5.52 Å². The Bertz CT molecular complexity index is 729. The SMILES string of the molecule is Cc1cc2c(cc1C(F)(F)F)[nH]c(=O)n2C1CCNCC1.Cl. The van der Waals surface area contributed by atoms with Gasteiger partial charge in [-0.2, -0.15) is 13.2 Å². The summed E-state index contributed by atoms with van der Waals surface area (Å²) in [5, 5.41) is 3.21. The first-order valence-corrected chi connectivity index (χ1v) is 6.90. The van der Waals surface area contributed by atoms with Gasteiger partial charge in [-0.05, 0) is 50.6 Å². The smallest absolute Gasteiger partial charge is 0.317 e. The second kappa shape index (κ2) is 5.96. The molecule has 0 amide bonds. The number of fused-ring (bicyclic) bond motifs is 1. The number of aryl methyl sites for hydroxylation is 1. The monoisotopic (exact) mass is 335 g/mol. The van der Waals surface area contributed by atoms with Crippen molar-refractivity contribution in [2.45, 2.75) is 32.0 Å². The number of H-pyrrole nitrogens is 1. The fourth-order valence-electron chi connectivity index (χ4n) is 3.01. The number of aromatic nitrogens is 2. The second-order valence-corrected chi connectivity index (χ2v) is 5.46. The standard InChI is InChI=1S/C14H16F3N3O.ClH/c1-8-6-12-11(7-10(8)14(15,16)17)19-13(21)20(12)9-2-4-18-5-3-9;/h6-7,9,18H,2-5H2,1H3,(H,19,21);1H. The van der Waals surface area contributed by atoms with Gasteiger partial charge in [0.05, 0.1) is 16.6 Å². The lowest BCUT2D eigenvalue weighted by atomic mass is 10.0. The van der Waals surface area contributed by atoms with E-state index in [0.717, 1.165) is 32.0 Å². The second-order valence-electron chi connectivity index (χ2n) is 5.46. The van der Waals surface area contributed by atoms with Gasteiger partial charge in [-0.1, -0.05) is 0 Å². The Labute approximate surface area is 131 Å². The number of rotatable bonds is 1. The Kier molecular flexibility index (Phi) is 4.58. The van der Waals surface area contributed by atoms with E-state index in [-0.39, 0.29) is 35.2 Å². The van der Waals surface area contributed by atoms with Crippen LogP contribution in [0.5, 0.6) is 0 Å². The summed E-state index contributed by atoms with van der Waals surface area (Å²) >= 11 is 0. The number of alkyl halides is 3. The minimum absolute atomic E-state index is 0. The number of imidazole rings is 1. The maximum atomic E-state index is 12.9. The first-order valence-electron chi connectivity index (χ1n) is 6.90. The molecule has 1 fully saturated rings. The van der Waals surface area contributed by atoms with Crippen LogP contribution in [0.3, 0.4) is 0 Å². The molecule has 0 saturated carbocycles. The van der Waals surface area contributed by atoms with Crippen molar-refractivity contribution < 1.29 is 13.2 Å². The Balaban J connectivity index is 0.00000176. The highest BCUT2D eigenvalue weighted by molar-refractivity contribution is 5.85. The van der Waals surface area contributed by atoms with Gasteiger partial charge in [0.2, 0.25) is 0 Å². The molecule has 22 heavy (non-hydrogen) atoms. The van der Waals surface area contributed by atoms with Crippen molar-refractivity contribution in [2.75, 3.05) is 13.1 Å². The van der Waals surface area contributed by atoms with Crippen LogP contribution in [0, 0.1) is 6.92 Å². The normalized spacial score (nSPS) is 16.7. The summed E-state index contributed by atoms with van der Waals surface area (Å²) < 4.78 is 40.4. The highest BCUT2D eigenvalue weighted by Gasteiger charge is 2.33. The van der Waals surface area contributed by atoms with E-state index in [4.69, 9.17) is 0 Å². The van der Waals surface area contributed by atoms with Crippen LogP contribution in [0.4, 0.5) is 13.2 Å². The molecule has 0 spiro atoms. The van der Waals surface area contributed by atoms with Crippen LogP contribution in [0.15, 0.2) is 16.9 Å². The number of benzene rings is 1. The molecule has 1 aliphatic heterocycles. The summed E-state index contributed by atoms with van der Waals surface area (Å²) in [5.74, 6) is 0. The van der Waals surface area contributed by atoms with Gasteiger partial charge in [0.25, 0.3) is 0 Å². The summed E-state index contributed by atoms with van der Waals surface area (Å²) in [4.78, 5) is 14.7. The summed E-state index contributed by atoms with van der Waals surface area (Å²) in [5.41, 5.74) is -0.102. The van der Waals surface area contributed by atoms with E-state index in [1.165, 1.54) is 13.0 Å².